The van der Waals surface area contributed by atoms with Crippen molar-refractivity contribution in [1.82, 2.24) is 4.98 Å². The molecule has 0 radical (unpaired) electrons. The molecule has 4 heteroatoms. The maximum Gasteiger partial charge on any atom is 0.146 e. The van der Waals surface area contributed by atoms with Crippen LogP contribution >= 0.6 is 11.6 Å². The fraction of sp³-hybridized carbons (Fsp3) is 0.0769. The van der Waals surface area contributed by atoms with Gasteiger partial charge >= 0.3 is 0 Å². The number of anilines is 1. The molecule has 0 spiro atoms. The largest absolute Gasteiger partial charge is 0.365 e. The maximum atomic E-state index is 8.84. The number of nitriles is 1. The molecule has 2 rings (SSSR count). The van der Waals surface area contributed by atoms with Gasteiger partial charge < -0.3 is 5.32 Å². The van der Waals surface area contributed by atoms with Gasteiger partial charge in [-0.05, 0) is 11.6 Å². The van der Waals surface area contributed by atoms with E-state index in [1.807, 2.05) is 36.4 Å². The van der Waals surface area contributed by atoms with E-state index in [-0.39, 0.29) is 0 Å². The average Bonchev–Trinajstić information content (AvgIpc) is 2.39. The normalized spacial score (nSPS) is 9.65. The summed E-state index contributed by atoms with van der Waals surface area (Å²) in [6.45, 7) is 0.627. The van der Waals surface area contributed by atoms with Crippen LogP contribution in [0.3, 0.4) is 0 Å². The fourth-order valence-corrected chi connectivity index (χ4v) is 1.66. The van der Waals surface area contributed by atoms with Crippen molar-refractivity contribution in [3.63, 3.8) is 0 Å². The smallest absolute Gasteiger partial charge is 0.146 e. The summed E-state index contributed by atoms with van der Waals surface area (Å²) in [4.78, 5) is 4.11. The van der Waals surface area contributed by atoms with Gasteiger partial charge in [0.2, 0.25) is 0 Å². The second-order valence-corrected chi connectivity index (χ2v) is 3.85. The molecule has 1 N–H and O–H groups in total. The van der Waals surface area contributed by atoms with Gasteiger partial charge in [-0.1, -0.05) is 41.9 Å². The first kappa shape index (κ1) is 11.4. The minimum absolute atomic E-state index is 0.367. The van der Waals surface area contributed by atoms with Crippen molar-refractivity contribution in [2.45, 2.75) is 6.54 Å². The lowest BCUT2D eigenvalue weighted by molar-refractivity contribution is 1.11. The topological polar surface area (TPSA) is 48.7 Å². The van der Waals surface area contributed by atoms with Gasteiger partial charge in [-0.25, -0.2) is 4.98 Å². The van der Waals surface area contributed by atoms with Crippen molar-refractivity contribution in [2.75, 3.05) is 5.32 Å². The molecule has 84 valence electrons. The van der Waals surface area contributed by atoms with E-state index in [0.29, 0.717) is 22.9 Å². The Balaban J connectivity index is 2.13. The summed E-state index contributed by atoms with van der Waals surface area (Å²) in [5.74, 6) is 0.537. The molecule has 0 unspecified atom stereocenters. The van der Waals surface area contributed by atoms with Crippen LogP contribution in [0.2, 0.25) is 5.02 Å². The van der Waals surface area contributed by atoms with E-state index in [1.165, 1.54) is 0 Å². The van der Waals surface area contributed by atoms with Crippen LogP contribution < -0.4 is 5.32 Å². The van der Waals surface area contributed by atoms with Crippen LogP contribution in [0.5, 0.6) is 0 Å². The van der Waals surface area contributed by atoms with Crippen molar-refractivity contribution in [1.29, 1.82) is 5.26 Å². The Hall–Kier alpha value is -2.05. The van der Waals surface area contributed by atoms with Crippen LogP contribution in [0.25, 0.3) is 0 Å². The average molecular weight is 244 g/mol. The summed E-state index contributed by atoms with van der Waals surface area (Å²) in [5.41, 5.74) is 1.56. The molecule has 17 heavy (non-hydrogen) atoms. The van der Waals surface area contributed by atoms with Crippen LogP contribution in [0, 0.1) is 11.3 Å². The third-order valence-electron chi connectivity index (χ3n) is 2.31. The van der Waals surface area contributed by atoms with Crippen LogP contribution in [0.1, 0.15) is 11.1 Å². The lowest BCUT2D eigenvalue weighted by Gasteiger charge is -2.07. The zero-order chi connectivity index (χ0) is 12.1. The van der Waals surface area contributed by atoms with Crippen molar-refractivity contribution in [3.8, 4) is 6.07 Å². The molecule has 0 aliphatic rings. The lowest BCUT2D eigenvalue weighted by atomic mass is 10.2. The molecule has 0 bridgehead atoms. The summed E-state index contributed by atoms with van der Waals surface area (Å²) >= 11 is 6.03. The highest BCUT2D eigenvalue weighted by molar-refractivity contribution is 6.34. The zero-order valence-corrected chi connectivity index (χ0v) is 9.78. The molecule has 2 aromatic rings. The fourth-order valence-electron chi connectivity index (χ4n) is 1.43. The minimum Gasteiger partial charge on any atom is -0.365 e. The Morgan fingerprint density at radius 2 is 2.00 bits per heavy atom. The molecule has 0 aliphatic carbocycles. The van der Waals surface area contributed by atoms with E-state index < -0.39 is 0 Å². The highest BCUT2D eigenvalue weighted by Gasteiger charge is 2.06. The van der Waals surface area contributed by atoms with Gasteiger partial charge in [0.25, 0.3) is 0 Å². The van der Waals surface area contributed by atoms with E-state index >= 15 is 0 Å². The molecule has 0 amide bonds. The molecule has 0 aliphatic heterocycles. The highest BCUT2D eigenvalue weighted by Crippen LogP contribution is 2.23. The second-order valence-electron chi connectivity index (χ2n) is 3.47. The monoisotopic (exact) mass is 243 g/mol. The highest BCUT2D eigenvalue weighted by atomic mass is 35.5. The lowest BCUT2D eigenvalue weighted by Crippen LogP contribution is -2.02. The molecular weight excluding hydrogens is 234 g/mol. The van der Waals surface area contributed by atoms with Gasteiger partial charge in [0.05, 0.1) is 5.56 Å². The van der Waals surface area contributed by atoms with Crippen molar-refractivity contribution < 1.29 is 0 Å². The first-order chi connectivity index (χ1) is 8.31. The van der Waals surface area contributed by atoms with E-state index in [4.69, 9.17) is 16.9 Å². The molecule has 0 fully saturated rings. The van der Waals surface area contributed by atoms with E-state index in [0.717, 1.165) is 5.56 Å². The van der Waals surface area contributed by atoms with Gasteiger partial charge in [-0.2, -0.15) is 5.26 Å². The van der Waals surface area contributed by atoms with Gasteiger partial charge in [0.15, 0.2) is 0 Å². The van der Waals surface area contributed by atoms with E-state index in [9.17, 15) is 0 Å². The van der Waals surface area contributed by atoms with Crippen molar-refractivity contribution in [3.05, 3.63) is 58.7 Å². The Labute approximate surface area is 105 Å². The van der Waals surface area contributed by atoms with Crippen LogP contribution in [0.15, 0.2) is 42.6 Å². The SMILES string of the molecule is N#Cc1ccnc(NCc2ccccc2)c1Cl. The molecule has 0 saturated carbocycles. The molecule has 1 aromatic heterocycles. The summed E-state index contributed by atoms with van der Waals surface area (Å²) in [6, 6.07) is 13.5. The van der Waals surface area contributed by atoms with Crippen molar-refractivity contribution in [2.24, 2.45) is 0 Å². The number of hydrogen-bond donors (Lipinski definition) is 1. The predicted octanol–water partition coefficient (Wildman–Crippen LogP) is 3.22. The third kappa shape index (κ3) is 2.74. The summed E-state index contributed by atoms with van der Waals surface area (Å²) < 4.78 is 0. The number of pyridine rings is 1. The maximum absolute atomic E-state index is 8.84. The Morgan fingerprint density at radius 1 is 1.24 bits per heavy atom. The summed E-state index contributed by atoms with van der Waals surface area (Å²) in [6.07, 6.45) is 1.57. The summed E-state index contributed by atoms with van der Waals surface area (Å²) in [5, 5.41) is 12.3. The van der Waals surface area contributed by atoms with Crippen LogP contribution in [-0.2, 0) is 6.54 Å². The molecule has 3 nitrogen and oxygen atoms in total. The summed E-state index contributed by atoms with van der Waals surface area (Å²) in [7, 11) is 0. The molecule has 0 atom stereocenters. The predicted molar refractivity (Wildman–Crippen MR) is 67.7 cm³/mol. The number of benzene rings is 1. The number of rotatable bonds is 3. The van der Waals surface area contributed by atoms with Gasteiger partial charge in [-0.15, -0.1) is 0 Å². The Kier molecular flexibility index (Phi) is 3.59. The number of halogens is 1. The number of aromatic nitrogens is 1. The zero-order valence-electron chi connectivity index (χ0n) is 9.02. The van der Waals surface area contributed by atoms with E-state index in [2.05, 4.69) is 10.3 Å². The first-order valence-electron chi connectivity index (χ1n) is 5.13. The molecule has 1 heterocycles. The number of nitrogens with zero attached hydrogens (tertiary/aromatic N) is 2. The Bertz CT molecular complexity index is 546. The first-order valence-corrected chi connectivity index (χ1v) is 5.51. The van der Waals surface area contributed by atoms with Gasteiger partial charge in [0.1, 0.15) is 16.9 Å². The molecular formula is C13H10ClN3. The Morgan fingerprint density at radius 3 is 2.71 bits per heavy atom. The quantitative estimate of drug-likeness (QED) is 0.901. The third-order valence-corrected chi connectivity index (χ3v) is 2.70. The standard InChI is InChI=1S/C13H10ClN3/c14-12-11(8-15)6-7-16-13(12)17-9-10-4-2-1-3-5-10/h1-7H,9H2,(H,16,17). The minimum atomic E-state index is 0.367. The van der Waals surface area contributed by atoms with Gasteiger partial charge in [0, 0.05) is 12.7 Å². The van der Waals surface area contributed by atoms with Gasteiger partial charge in [-0.3, -0.25) is 0 Å². The number of nitrogens with one attached hydrogen (secondary N) is 1. The van der Waals surface area contributed by atoms with Crippen LogP contribution in [0.4, 0.5) is 5.82 Å². The van der Waals surface area contributed by atoms with E-state index in [1.54, 1.807) is 12.3 Å². The number of hydrogen-bond acceptors (Lipinski definition) is 3. The van der Waals surface area contributed by atoms with Crippen molar-refractivity contribution >= 4 is 17.4 Å². The van der Waals surface area contributed by atoms with Crippen LogP contribution in [-0.4, -0.2) is 4.98 Å². The molecule has 0 saturated heterocycles. The second kappa shape index (κ2) is 5.33. The molecule has 1 aromatic carbocycles.